The molecule has 20 heavy (non-hydrogen) atoms. The first-order chi connectivity index (χ1) is 9.81. The molecule has 3 heteroatoms. The Morgan fingerprint density at radius 2 is 1.50 bits per heavy atom. The van der Waals surface area contributed by atoms with Crippen LogP contribution in [0.1, 0.15) is 17.5 Å². The highest BCUT2D eigenvalue weighted by Gasteiger charge is 2.05. The van der Waals surface area contributed by atoms with E-state index in [1.807, 2.05) is 66.7 Å². The maximum atomic E-state index is 11.5. The van der Waals surface area contributed by atoms with E-state index in [0.29, 0.717) is 0 Å². The van der Waals surface area contributed by atoms with Crippen molar-refractivity contribution in [3.05, 3.63) is 77.9 Å². The third kappa shape index (κ3) is 3.80. The predicted molar refractivity (Wildman–Crippen MR) is 79.7 cm³/mol. The average Bonchev–Trinajstić information content (AvgIpc) is 2.50. The van der Waals surface area contributed by atoms with Crippen LogP contribution in [0.5, 0.6) is 0 Å². The van der Waals surface area contributed by atoms with E-state index in [1.165, 1.54) is 7.11 Å². The van der Waals surface area contributed by atoms with Crippen molar-refractivity contribution in [2.24, 2.45) is 0 Å². The van der Waals surface area contributed by atoms with Crippen LogP contribution >= 0.6 is 0 Å². The maximum absolute atomic E-state index is 11.5. The normalized spacial score (nSPS) is 9.85. The molecule has 0 fully saturated rings. The molecule has 2 rings (SSSR count). The first-order valence-electron chi connectivity index (χ1n) is 6.44. The van der Waals surface area contributed by atoms with Gasteiger partial charge in [0, 0.05) is 6.42 Å². The first-order valence-corrected chi connectivity index (χ1v) is 6.44. The lowest BCUT2D eigenvalue weighted by atomic mass is 9.97. The van der Waals surface area contributed by atoms with Gasteiger partial charge < -0.3 is 0 Å². The van der Waals surface area contributed by atoms with Gasteiger partial charge in [-0.1, -0.05) is 66.7 Å². The van der Waals surface area contributed by atoms with Crippen molar-refractivity contribution in [2.75, 3.05) is 7.11 Å². The number of rotatable bonds is 5. The topological polar surface area (TPSA) is 38.3 Å². The highest BCUT2D eigenvalue weighted by atomic mass is 16.6. The van der Waals surface area contributed by atoms with Gasteiger partial charge in [-0.05, 0) is 16.7 Å². The standard InChI is InChI=1S/C17H17NO2/c1-20-18-17(19)13-12-16(14-8-4-2-5-9-14)15-10-6-3-7-11-15/h2-12H,13H2,1H3,(H,18,19). The molecule has 0 atom stereocenters. The van der Waals surface area contributed by atoms with Crippen LogP contribution in [-0.4, -0.2) is 13.0 Å². The molecule has 0 saturated carbocycles. The Morgan fingerprint density at radius 3 is 1.95 bits per heavy atom. The van der Waals surface area contributed by atoms with Crippen LogP contribution in [0.4, 0.5) is 0 Å². The van der Waals surface area contributed by atoms with Crippen LogP contribution in [0.2, 0.25) is 0 Å². The van der Waals surface area contributed by atoms with Crippen LogP contribution < -0.4 is 5.48 Å². The SMILES string of the molecule is CONC(=O)CC=C(c1ccccc1)c1ccccc1. The summed E-state index contributed by atoms with van der Waals surface area (Å²) < 4.78 is 0. The van der Waals surface area contributed by atoms with E-state index in [9.17, 15) is 4.79 Å². The Hall–Kier alpha value is -2.39. The van der Waals surface area contributed by atoms with E-state index < -0.39 is 0 Å². The summed E-state index contributed by atoms with van der Waals surface area (Å²) in [6.07, 6.45) is 2.19. The van der Waals surface area contributed by atoms with Crippen molar-refractivity contribution < 1.29 is 9.63 Å². The lowest BCUT2D eigenvalue weighted by Gasteiger charge is -2.08. The molecule has 1 N–H and O–H groups in total. The molecule has 0 heterocycles. The van der Waals surface area contributed by atoms with Crippen molar-refractivity contribution >= 4 is 11.5 Å². The van der Waals surface area contributed by atoms with Crippen molar-refractivity contribution in [3.8, 4) is 0 Å². The van der Waals surface area contributed by atoms with Gasteiger partial charge in [0.25, 0.3) is 0 Å². The molecule has 0 aromatic heterocycles. The Bertz CT molecular complexity index is 535. The highest BCUT2D eigenvalue weighted by molar-refractivity contribution is 5.84. The molecule has 3 nitrogen and oxygen atoms in total. The Labute approximate surface area is 118 Å². The minimum absolute atomic E-state index is 0.170. The van der Waals surface area contributed by atoms with Crippen LogP contribution in [0, 0.1) is 0 Å². The van der Waals surface area contributed by atoms with Crippen LogP contribution in [0.3, 0.4) is 0 Å². The molecule has 2 aromatic rings. The van der Waals surface area contributed by atoms with E-state index in [1.54, 1.807) is 0 Å². The fourth-order valence-electron chi connectivity index (χ4n) is 1.99. The summed E-state index contributed by atoms with van der Waals surface area (Å²) in [5.74, 6) is -0.170. The largest absolute Gasteiger partial charge is 0.277 e. The van der Waals surface area contributed by atoms with Crippen molar-refractivity contribution in [2.45, 2.75) is 6.42 Å². The third-order valence-electron chi connectivity index (χ3n) is 2.88. The number of hydrogen-bond acceptors (Lipinski definition) is 2. The maximum Gasteiger partial charge on any atom is 0.247 e. The van der Waals surface area contributed by atoms with Crippen molar-refractivity contribution in [1.29, 1.82) is 0 Å². The summed E-state index contributed by atoms with van der Waals surface area (Å²) in [6.45, 7) is 0. The molecule has 0 aliphatic rings. The number of carbonyl (C=O) groups excluding carboxylic acids is 1. The monoisotopic (exact) mass is 267 g/mol. The zero-order valence-corrected chi connectivity index (χ0v) is 11.4. The van der Waals surface area contributed by atoms with Crippen molar-refractivity contribution in [1.82, 2.24) is 5.48 Å². The summed E-state index contributed by atoms with van der Waals surface area (Å²) in [6, 6.07) is 20.0. The molecule has 1 amide bonds. The number of benzene rings is 2. The summed E-state index contributed by atoms with van der Waals surface area (Å²) >= 11 is 0. The van der Waals surface area contributed by atoms with Crippen LogP contribution in [0.15, 0.2) is 66.7 Å². The van der Waals surface area contributed by atoms with Crippen molar-refractivity contribution in [3.63, 3.8) is 0 Å². The molecule has 0 unspecified atom stereocenters. The van der Waals surface area contributed by atoms with E-state index in [0.717, 1.165) is 16.7 Å². The molecule has 2 aromatic carbocycles. The number of amides is 1. The Morgan fingerprint density at radius 1 is 1.00 bits per heavy atom. The smallest absolute Gasteiger partial charge is 0.247 e. The second-order valence-corrected chi connectivity index (χ2v) is 4.28. The minimum atomic E-state index is -0.170. The zero-order chi connectivity index (χ0) is 14.2. The second-order valence-electron chi connectivity index (χ2n) is 4.28. The fourth-order valence-corrected chi connectivity index (χ4v) is 1.99. The van der Waals surface area contributed by atoms with Gasteiger partial charge in [-0.2, -0.15) is 0 Å². The van der Waals surface area contributed by atoms with Gasteiger partial charge >= 0.3 is 0 Å². The second kappa shape index (κ2) is 7.26. The Kier molecular flexibility index (Phi) is 5.09. The predicted octanol–water partition coefficient (Wildman–Crippen LogP) is 3.19. The molecular formula is C17H17NO2. The summed E-state index contributed by atoms with van der Waals surface area (Å²) in [4.78, 5) is 16.1. The molecule has 0 aliphatic carbocycles. The van der Waals surface area contributed by atoms with Crippen LogP contribution in [-0.2, 0) is 9.63 Å². The van der Waals surface area contributed by atoms with E-state index in [4.69, 9.17) is 0 Å². The van der Waals surface area contributed by atoms with Gasteiger partial charge in [0.2, 0.25) is 5.91 Å². The first kappa shape index (κ1) is 14.0. The average molecular weight is 267 g/mol. The summed E-state index contributed by atoms with van der Waals surface area (Å²) in [7, 11) is 1.43. The molecular weight excluding hydrogens is 250 g/mol. The highest BCUT2D eigenvalue weighted by Crippen LogP contribution is 2.23. The number of carbonyl (C=O) groups is 1. The molecule has 102 valence electrons. The molecule has 0 bridgehead atoms. The van der Waals surface area contributed by atoms with Crippen LogP contribution in [0.25, 0.3) is 5.57 Å². The van der Waals surface area contributed by atoms with Gasteiger partial charge in [-0.25, -0.2) is 5.48 Å². The molecule has 0 saturated heterocycles. The quantitative estimate of drug-likeness (QED) is 0.845. The summed E-state index contributed by atoms with van der Waals surface area (Å²) in [5, 5.41) is 0. The van der Waals surface area contributed by atoms with Gasteiger partial charge in [0.1, 0.15) is 0 Å². The molecule has 0 spiro atoms. The number of nitrogens with one attached hydrogen (secondary N) is 1. The number of hydrogen-bond donors (Lipinski definition) is 1. The van der Waals surface area contributed by atoms with Gasteiger partial charge in [-0.3, -0.25) is 9.63 Å². The Balaban J connectivity index is 2.30. The zero-order valence-electron chi connectivity index (χ0n) is 11.4. The number of hydroxylamine groups is 1. The minimum Gasteiger partial charge on any atom is -0.277 e. The lowest BCUT2D eigenvalue weighted by Crippen LogP contribution is -2.20. The molecule has 0 radical (unpaired) electrons. The third-order valence-corrected chi connectivity index (χ3v) is 2.88. The summed E-state index contributed by atoms with van der Waals surface area (Å²) in [5.41, 5.74) is 5.53. The van der Waals surface area contributed by atoms with Gasteiger partial charge in [0.05, 0.1) is 7.11 Å². The lowest BCUT2D eigenvalue weighted by molar-refractivity contribution is -0.130. The van der Waals surface area contributed by atoms with E-state index in [2.05, 4.69) is 10.3 Å². The van der Waals surface area contributed by atoms with E-state index in [-0.39, 0.29) is 12.3 Å². The molecule has 0 aliphatic heterocycles. The van der Waals surface area contributed by atoms with Gasteiger partial charge in [0.15, 0.2) is 0 Å². The van der Waals surface area contributed by atoms with E-state index >= 15 is 0 Å². The van der Waals surface area contributed by atoms with Gasteiger partial charge in [-0.15, -0.1) is 0 Å². The fraction of sp³-hybridized carbons (Fsp3) is 0.118.